The summed E-state index contributed by atoms with van der Waals surface area (Å²) in [5.74, 6) is 0.575. The molecule has 2 N–H and O–H groups in total. The lowest BCUT2D eigenvalue weighted by Gasteiger charge is -2.44. The Kier molecular flexibility index (Phi) is 5.74. The van der Waals surface area contributed by atoms with Gasteiger partial charge in [-0.05, 0) is 66.6 Å². The quantitative estimate of drug-likeness (QED) is 0.579. The van der Waals surface area contributed by atoms with Crippen LogP contribution >= 0.6 is 11.3 Å². The number of nitrogens with zero attached hydrogens (tertiary/aromatic N) is 1. The number of carbonyl (C=O) groups is 2. The van der Waals surface area contributed by atoms with Crippen LogP contribution in [-0.4, -0.2) is 42.4 Å². The maximum Gasteiger partial charge on any atom is 0.261 e. The van der Waals surface area contributed by atoms with Gasteiger partial charge in [0.05, 0.1) is 4.88 Å². The van der Waals surface area contributed by atoms with Crippen LogP contribution in [0.5, 0.6) is 0 Å². The molecule has 0 radical (unpaired) electrons. The first-order valence-corrected chi connectivity index (χ1v) is 12.3. The van der Waals surface area contributed by atoms with Gasteiger partial charge in [-0.15, -0.1) is 11.3 Å². The molecule has 6 rings (SSSR count). The predicted molar refractivity (Wildman–Crippen MR) is 131 cm³/mol. The number of carbonyl (C=O) groups excluding carboxylic acids is 2. The predicted octanol–water partition coefficient (Wildman–Crippen LogP) is 4.99. The summed E-state index contributed by atoms with van der Waals surface area (Å²) in [6.45, 7) is 7.07. The van der Waals surface area contributed by atoms with E-state index >= 15 is 0 Å². The van der Waals surface area contributed by atoms with Crippen LogP contribution in [0.4, 0.5) is 5.69 Å². The highest BCUT2D eigenvalue weighted by atomic mass is 32.1. The Labute approximate surface area is 192 Å². The Morgan fingerprint density at radius 3 is 2.56 bits per heavy atom. The maximum absolute atomic E-state index is 13.1. The molecule has 2 amide bonds. The van der Waals surface area contributed by atoms with Gasteiger partial charge >= 0.3 is 0 Å². The molecular weight excluding hydrogens is 418 g/mol. The van der Waals surface area contributed by atoms with Crippen molar-refractivity contribution in [1.82, 2.24) is 10.2 Å². The molecule has 32 heavy (non-hydrogen) atoms. The summed E-state index contributed by atoms with van der Waals surface area (Å²) in [4.78, 5) is 28.4. The highest BCUT2D eigenvalue weighted by Gasteiger charge is 2.35. The standard InChI is InChI=1S/C26H29N3O2S/c1-16(2)25(30)27-20-7-3-5-18(13-20)21-8-4-6-19-14-23(32-24(19)21)26(31)28-22-15-29-11-9-17(22)10-12-29/h3-8,13-14,16-17,22H,9-12,15H2,1-2H3,(H,27,30)(H,28,31)/t22-/m0/s1. The minimum atomic E-state index is -0.0726. The molecular formula is C26H29N3O2S. The Hall–Kier alpha value is -2.70. The topological polar surface area (TPSA) is 61.4 Å². The van der Waals surface area contributed by atoms with Crippen molar-refractivity contribution >= 4 is 38.9 Å². The van der Waals surface area contributed by atoms with E-state index in [4.69, 9.17) is 0 Å². The first kappa shape index (κ1) is 21.2. The van der Waals surface area contributed by atoms with Crippen LogP contribution in [0.15, 0.2) is 48.5 Å². The second-order valence-corrected chi connectivity index (χ2v) is 10.3. The number of anilines is 1. The van der Waals surface area contributed by atoms with E-state index in [1.807, 2.05) is 50.2 Å². The van der Waals surface area contributed by atoms with Crippen molar-refractivity contribution in [3.63, 3.8) is 0 Å². The molecule has 0 saturated carbocycles. The number of benzene rings is 2. The van der Waals surface area contributed by atoms with Crippen molar-refractivity contribution in [3.8, 4) is 11.1 Å². The van der Waals surface area contributed by atoms with Crippen LogP contribution in [0.25, 0.3) is 21.2 Å². The molecule has 3 saturated heterocycles. The van der Waals surface area contributed by atoms with E-state index in [0.717, 1.165) is 38.3 Å². The van der Waals surface area contributed by atoms with Gasteiger partial charge < -0.3 is 15.5 Å². The Morgan fingerprint density at radius 2 is 1.84 bits per heavy atom. The molecule has 1 atom stereocenters. The van der Waals surface area contributed by atoms with Crippen LogP contribution < -0.4 is 10.6 Å². The summed E-state index contributed by atoms with van der Waals surface area (Å²) < 4.78 is 1.10. The zero-order chi connectivity index (χ0) is 22.2. The van der Waals surface area contributed by atoms with Crippen LogP contribution in [0.1, 0.15) is 36.4 Å². The summed E-state index contributed by atoms with van der Waals surface area (Å²) in [6.07, 6.45) is 2.37. The van der Waals surface area contributed by atoms with Crippen molar-refractivity contribution in [2.75, 3.05) is 25.0 Å². The number of rotatable bonds is 5. The third kappa shape index (κ3) is 4.17. The van der Waals surface area contributed by atoms with E-state index in [-0.39, 0.29) is 23.8 Å². The van der Waals surface area contributed by atoms with E-state index in [1.165, 1.54) is 25.9 Å². The highest BCUT2D eigenvalue weighted by molar-refractivity contribution is 7.21. The lowest BCUT2D eigenvalue weighted by Crippen LogP contribution is -2.57. The summed E-state index contributed by atoms with van der Waals surface area (Å²) in [6, 6.07) is 16.3. The maximum atomic E-state index is 13.1. The number of amides is 2. The van der Waals surface area contributed by atoms with E-state index in [0.29, 0.717) is 5.92 Å². The number of hydrogen-bond donors (Lipinski definition) is 2. The third-order valence-corrected chi connectivity index (χ3v) is 7.89. The molecule has 0 unspecified atom stereocenters. The van der Waals surface area contributed by atoms with Crippen LogP contribution in [0.2, 0.25) is 0 Å². The molecule has 0 aliphatic carbocycles. The number of hydrogen-bond acceptors (Lipinski definition) is 4. The molecule has 6 heteroatoms. The van der Waals surface area contributed by atoms with Gasteiger partial charge in [0, 0.05) is 28.9 Å². The first-order chi connectivity index (χ1) is 15.5. The van der Waals surface area contributed by atoms with E-state index in [1.54, 1.807) is 11.3 Å². The molecule has 2 bridgehead atoms. The zero-order valence-corrected chi connectivity index (χ0v) is 19.4. The summed E-state index contributed by atoms with van der Waals surface area (Å²) in [7, 11) is 0. The van der Waals surface area contributed by atoms with Gasteiger partial charge in [-0.1, -0.05) is 44.2 Å². The van der Waals surface area contributed by atoms with Gasteiger partial charge in [-0.2, -0.15) is 0 Å². The van der Waals surface area contributed by atoms with Gasteiger partial charge in [0.15, 0.2) is 0 Å². The SMILES string of the molecule is CC(C)C(=O)Nc1cccc(-c2cccc3cc(C(=O)N[C@H]4CN5CCC4CC5)sc23)c1. The van der Waals surface area contributed by atoms with Crippen LogP contribution in [0, 0.1) is 11.8 Å². The van der Waals surface area contributed by atoms with Crippen molar-refractivity contribution in [2.45, 2.75) is 32.7 Å². The molecule has 0 spiro atoms. The average Bonchev–Trinajstić information content (AvgIpc) is 3.25. The van der Waals surface area contributed by atoms with Crippen molar-refractivity contribution < 1.29 is 9.59 Å². The number of nitrogens with one attached hydrogen (secondary N) is 2. The normalized spacial score (nSPS) is 22.3. The highest BCUT2D eigenvalue weighted by Crippen LogP contribution is 2.36. The average molecular weight is 448 g/mol. The largest absolute Gasteiger partial charge is 0.347 e. The molecule has 1 aromatic heterocycles. The van der Waals surface area contributed by atoms with E-state index < -0.39 is 0 Å². The fourth-order valence-electron chi connectivity index (χ4n) is 4.82. The van der Waals surface area contributed by atoms with Gasteiger partial charge in [0.1, 0.15) is 0 Å². The number of thiophene rings is 1. The molecule has 4 heterocycles. The summed E-state index contributed by atoms with van der Waals surface area (Å²) in [5, 5.41) is 7.36. The fraction of sp³-hybridized carbons (Fsp3) is 0.385. The second kappa shape index (κ2) is 8.68. The van der Waals surface area contributed by atoms with Crippen molar-refractivity contribution in [1.29, 1.82) is 0 Å². The van der Waals surface area contributed by atoms with Gasteiger partial charge in [0.25, 0.3) is 5.91 Å². The van der Waals surface area contributed by atoms with Gasteiger partial charge in [-0.25, -0.2) is 0 Å². The smallest absolute Gasteiger partial charge is 0.261 e. The molecule has 3 aliphatic heterocycles. The lowest BCUT2D eigenvalue weighted by atomic mass is 9.84. The Balaban J connectivity index is 1.40. The second-order valence-electron chi connectivity index (χ2n) is 9.28. The number of fused-ring (bicyclic) bond motifs is 4. The van der Waals surface area contributed by atoms with Gasteiger partial charge in [0.2, 0.25) is 5.91 Å². The molecule has 5 nitrogen and oxygen atoms in total. The molecule has 2 aromatic carbocycles. The van der Waals surface area contributed by atoms with E-state index in [2.05, 4.69) is 27.7 Å². The Morgan fingerprint density at radius 1 is 1.06 bits per heavy atom. The molecule has 166 valence electrons. The molecule has 3 aromatic rings. The van der Waals surface area contributed by atoms with Crippen LogP contribution in [-0.2, 0) is 4.79 Å². The number of piperidine rings is 3. The van der Waals surface area contributed by atoms with E-state index in [9.17, 15) is 9.59 Å². The minimum Gasteiger partial charge on any atom is -0.347 e. The molecule has 3 fully saturated rings. The third-order valence-electron chi connectivity index (χ3n) is 6.71. The Bertz CT molecular complexity index is 1160. The fourth-order valence-corrected chi connectivity index (χ4v) is 5.92. The monoisotopic (exact) mass is 447 g/mol. The first-order valence-electron chi connectivity index (χ1n) is 11.4. The summed E-state index contributed by atoms with van der Waals surface area (Å²) in [5.41, 5.74) is 2.90. The summed E-state index contributed by atoms with van der Waals surface area (Å²) >= 11 is 1.55. The van der Waals surface area contributed by atoms with Crippen LogP contribution in [0.3, 0.4) is 0 Å². The van der Waals surface area contributed by atoms with Crippen molar-refractivity contribution in [2.24, 2.45) is 11.8 Å². The molecule has 3 aliphatic rings. The van der Waals surface area contributed by atoms with Gasteiger partial charge in [-0.3, -0.25) is 9.59 Å². The lowest BCUT2D eigenvalue weighted by molar-refractivity contribution is -0.118. The zero-order valence-electron chi connectivity index (χ0n) is 18.6. The van der Waals surface area contributed by atoms with Crippen molar-refractivity contribution in [3.05, 3.63) is 53.4 Å². The minimum absolute atomic E-state index is 0.00295.